The molecule has 1 aromatic heterocycles. The summed E-state index contributed by atoms with van der Waals surface area (Å²) in [7, 11) is 0. The second-order valence-corrected chi connectivity index (χ2v) is 3.16. The second kappa shape index (κ2) is 3.21. The Bertz CT molecular complexity index is 417. The zero-order valence-electron chi connectivity index (χ0n) is 7.71. The van der Waals surface area contributed by atoms with E-state index in [1.807, 2.05) is 18.2 Å². The first-order chi connectivity index (χ1) is 6.29. The molecule has 0 N–H and O–H groups in total. The van der Waals surface area contributed by atoms with Gasteiger partial charge in [0.15, 0.2) is 11.5 Å². The summed E-state index contributed by atoms with van der Waals surface area (Å²) in [6.07, 6.45) is 1.96. The molecule has 0 saturated carbocycles. The van der Waals surface area contributed by atoms with Crippen LogP contribution in [0.5, 0.6) is 0 Å². The standard InChI is InChI=1S/C11H12NO/c1-3-4-11-12-9-7-8(2)5-6-10(9)13-11/h5-7H,2-4H2,1H3. The fourth-order valence-electron chi connectivity index (χ4n) is 1.34. The van der Waals surface area contributed by atoms with E-state index >= 15 is 0 Å². The second-order valence-electron chi connectivity index (χ2n) is 3.16. The summed E-state index contributed by atoms with van der Waals surface area (Å²) in [5, 5.41) is 0. The van der Waals surface area contributed by atoms with Crippen LogP contribution in [0, 0.1) is 6.92 Å². The third kappa shape index (κ3) is 1.57. The number of oxazole rings is 1. The Morgan fingerprint density at radius 1 is 1.46 bits per heavy atom. The van der Waals surface area contributed by atoms with Crippen molar-refractivity contribution in [2.45, 2.75) is 19.8 Å². The first kappa shape index (κ1) is 8.30. The molecule has 2 rings (SSSR count). The molecule has 1 radical (unpaired) electrons. The average Bonchev–Trinajstić information content (AvgIpc) is 2.46. The first-order valence-corrected chi connectivity index (χ1v) is 4.51. The normalized spacial score (nSPS) is 10.9. The number of aromatic nitrogens is 1. The number of fused-ring (bicyclic) bond motifs is 1. The highest BCUT2D eigenvalue weighted by atomic mass is 16.3. The molecule has 0 bridgehead atoms. The summed E-state index contributed by atoms with van der Waals surface area (Å²) in [6.45, 7) is 5.96. The van der Waals surface area contributed by atoms with Gasteiger partial charge in [-0.05, 0) is 31.0 Å². The quantitative estimate of drug-likeness (QED) is 0.699. The molecular weight excluding hydrogens is 162 g/mol. The summed E-state index contributed by atoms with van der Waals surface area (Å²) in [5.74, 6) is 0.822. The minimum atomic E-state index is 0.822. The van der Waals surface area contributed by atoms with Crippen molar-refractivity contribution in [1.82, 2.24) is 4.98 Å². The van der Waals surface area contributed by atoms with Crippen molar-refractivity contribution >= 4 is 11.1 Å². The third-order valence-electron chi connectivity index (χ3n) is 1.96. The number of nitrogens with zero attached hydrogens (tertiary/aromatic N) is 1. The van der Waals surface area contributed by atoms with Crippen LogP contribution in [-0.2, 0) is 6.42 Å². The maximum atomic E-state index is 5.52. The fraction of sp³-hybridized carbons (Fsp3) is 0.273. The Hall–Kier alpha value is -1.31. The van der Waals surface area contributed by atoms with Crippen LogP contribution in [0.3, 0.4) is 0 Å². The molecule has 67 valence electrons. The summed E-state index contributed by atoms with van der Waals surface area (Å²) in [5.41, 5.74) is 2.75. The lowest BCUT2D eigenvalue weighted by molar-refractivity contribution is 0.525. The van der Waals surface area contributed by atoms with Crippen molar-refractivity contribution in [3.63, 3.8) is 0 Å². The van der Waals surface area contributed by atoms with Gasteiger partial charge < -0.3 is 4.42 Å². The van der Waals surface area contributed by atoms with Gasteiger partial charge in [-0.15, -0.1) is 0 Å². The third-order valence-corrected chi connectivity index (χ3v) is 1.96. The van der Waals surface area contributed by atoms with E-state index in [4.69, 9.17) is 4.42 Å². The molecule has 0 spiro atoms. The molecule has 0 amide bonds. The minimum Gasteiger partial charge on any atom is -0.441 e. The Morgan fingerprint density at radius 2 is 2.31 bits per heavy atom. The van der Waals surface area contributed by atoms with Gasteiger partial charge in [0.25, 0.3) is 0 Å². The zero-order valence-corrected chi connectivity index (χ0v) is 7.71. The zero-order chi connectivity index (χ0) is 9.26. The maximum absolute atomic E-state index is 5.52. The molecule has 2 nitrogen and oxygen atoms in total. The van der Waals surface area contributed by atoms with Crippen molar-refractivity contribution < 1.29 is 4.42 Å². The van der Waals surface area contributed by atoms with Gasteiger partial charge in [0.2, 0.25) is 0 Å². The van der Waals surface area contributed by atoms with Crippen LogP contribution in [0.4, 0.5) is 0 Å². The summed E-state index contributed by atoms with van der Waals surface area (Å²) in [4.78, 5) is 4.36. The topological polar surface area (TPSA) is 26.0 Å². The van der Waals surface area contributed by atoms with Crippen LogP contribution in [0.15, 0.2) is 22.6 Å². The Kier molecular flexibility index (Phi) is 2.05. The minimum absolute atomic E-state index is 0.822. The number of hydrogen-bond acceptors (Lipinski definition) is 2. The first-order valence-electron chi connectivity index (χ1n) is 4.51. The highest BCUT2D eigenvalue weighted by molar-refractivity contribution is 5.73. The number of benzene rings is 1. The van der Waals surface area contributed by atoms with Gasteiger partial charge in [-0.1, -0.05) is 13.0 Å². The number of rotatable bonds is 2. The maximum Gasteiger partial charge on any atom is 0.195 e. The highest BCUT2D eigenvalue weighted by Gasteiger charge is 2.03. The van der Waals surface area contributed by atoms with Gasteiger partial charge in [0, 0.05) is 6.42 Å². The monoisotopic (exact) mass is 174 g/mol. The van der Waals surface area contributed by atoms with E-state index in [0.29, 0.717) is 0 Å². The van der Waals surface area contributed by atoms with Gasteiger partial charge in [-0.25, -0.2) is 4.98 Å². The molecule has 1 heterocycles. The van der Waals surface area contributed by atoms with E-state index in [2.05, 4.69) is 18.8 Å². The van der Waals surface area contributed by atoms with E-state index < -0.39 is 0 Å². The van der Waals surface area contributed by atoms with Crippen LogP contribution in [0.1, 0.15) is 24.8 Å². The predicted octanol–water partition coefficient (Wildman–Crippen LogP) is 2.96. The molecule has 2 aromatic rings. The predicted molar refractivity (Wildman–Crippen MR) is 52.5 cm³/mol. The molecule has 1 aromatic carbocycles. The smallest absolute Gasteiger partial charge is 0.195 e. The number of aryl methyl sites for hydroxylation is 1. The molecule has 0 aliphatic rings. The Labute approximate surface area is 77.6 Å². The molecule has 0 saturated heterocycles. The lowest BCUT2D eigenvalue weighted by Gasteiger charge is -1.87. The van der Waals surface area contributed by atoms with Crippen molar-refractivity contribution in [3.8, 4) is 0 Å². The van der Waals surface area contributed by atoms with Gasteiger partial charge in [-0.2, -0.15) is 0 Å². The van der Waals surface area contributed by atoms with Crippen LogP contribution in [0.25, 0.3) is 11.1 Å². The van der Waals surface area contributed by atoms with Crippen LogP contribution in [-0.4, -0.2) is 4.98 Å². The highest BCUT2D eigenvalue weighted by Crippen LogP contribution is 2.17. The molecule has 0 unspecified atom stereocenters. The molecule has 13 heavy (non-hydrogen) atoms. The largest absolute Gasteiger partial charge is 0.441 e. The van der Waals surface area contributed by atoms with Crippen LogP contribution >= 0.6 is 0 Å². The molecule has 2 heteroatoms. The van der Waals surface area contributed by atoms with Gasteiger partial charge >= 0.3 is 0 Å². The van der Waals surface area contributed by atoms with Crippen LogP contribution in [0.2, 0.25) is 0 Å². The van der Waals surface area contributed by atoms with E-state index in [1.165, 1.54) is 0 Å². The van der Waals surface area contributed by atoms with E-state index in [0.717, 1.165) is 35.4 Å². The Balaban J connectivity index is 2.49. The number of hydrogen-bond donors (Lipinski definition) is 0. The van der Waals surface area contributed by atoms with E-state index in [9.17, 15) is 0 Å². The summed E-state index contributed by atoms with van der Waals surface area (Å²) < 4.78 is 5.52. The van der Waals surface area contributed by atoms with Gasteiger partial charge in [0.1, 0.15) is 5.52 Å². The summed E-state index contributed by atoms with van der Waals surface area (Å²) >= 11 is 0. The van der Waals surface area contributed by atoms with E-state index in [-0.39, 0.29) is 0 Å². The molecule has 0 aliphatic heterocycles. The molecule has 0 atom stereocenters. The van der Waals surface area contributed by atoms with Crippen LogP contribution < -0.4 is 0 Å². The fourth-order valence-corrected chi connectivity index (χ4v) is 1.34. The lowest BCUT2D eigenvalue weighted by Crippen LogP contribution is -1.80. The van der Waals surface area contributed by atoms with Crippen molar-refractivity contribution in [3.05, 3.63) is 36.6 Å². The van der Waals surface area contributed by atoms with Crippen molar-refractivity contribution in [2.24, 2.45) is 0 Å². The Morgan fingerprint density at radius 3 is 3.08 bits per heavy atom. The molecule has 0 fully saturated rings. The summed E-state index contributed by atoms with van der Waals surface area (Å²) in [6, 6.07) is 5.80. The van der Waals surface area contributed by atoms with E-state index in [1.54, 1.807) is 0 Å². The van der Waals surface area contributed by atoms with Gasteiger partial charge in [0.05, 0.1) is 0 Å². The van der Waals surface area contributed by atoms with Crippen molar-refractivity contribution in [1.29, 1.82) is 0 Å². The molecular formula is C11H12NO. The SMILES string of the molecule is [CH2]c1ccc2oc(CCC)nc2c1. The van der Waals surface area contributed by atoms with Gasteiger partial charge in [-0.3, -0.25) is 0 Å². The average molecular weight is 174 g/mol. The molecule has 0 aliphatic carbocycles. The lowest BCUT2D eigenvalue weighted by atomic mass is 10.2. The van der Waals surface area contributed by atoms with Crippen molar-refractivity contribution in [2.75, 3.05) is 0 Å².